The number of carbonyl (C=O) groups excluding carboxylic acids is 1. The van der Waals surface area contributed by atoms with Gasteiger partial charge in [0.15, 0.2) is 11.5 Å². The summed E-state index contributed by atoms with van der Waals surface area (Å²) in [6, 6.07) is 2.61. The lowest BCUT2D eigenvalue weighted by atomic mass is 9.88. The molecule has 0 spiro atoms. The lowest BCUT2D eigenvalue weighted by Gasteiger charge is -2.46. The molecule has 6 atom stereocenters. The van der Waals surface area contributed by atoms with Crippen molar-refractivity contribution in [3.8, 4) is 11.5 Å². The second-order valence-electron chi connectivity index (χ2n) is 7.49. The summed E-state index contributed by atoms with van der Waals surface area (Å²) < 4.78 is 16.3. The molecule has 2 unspecified atom stereocenters. The van der Waals surface area contributed by atoms with Crippen molar-refractivity contribution in [3.63, 3.8) is 0 Å². The highest BCUT2D eigenvalue weighted by atomic mass is 16.7. The molecule has 14 heteroatoms. The molecule has 0 saturated carbocycles. The number of nitro groups is 1. The van der Waals surface area contributed by atoms with Crippen molar-refractivity contribution < 1.29 is 54.3 Å². The van der Waals surface area contributed by atoms with Crippen molar-refractivity contribution in [2.75, 3.05) is 13.7 Å². The van der Waals surface area contributed by atoms with Crippen molar-refractivity contribution in [3.05, 3.63) is 40.1 Å². The molecule has 34 heavy (non-hydrogen) atoms. The number of methoxy groups -OCH3 is 1. The van der Waals surface area contributed by atoms with Crippen molar-refractivity contribution in [2.24, 2.45) is 0 Å². The number of carbonyl (C=O) groups is 2. The standard InChI is InChI=1S/C20H26N2O12/c1-10(24)21-16-12(25)8-20(19(28)29,34-18(16)17(27)13(26)9-23)33-14-4-3-11(5-6-22(30)31)7-15(14)32-2/h3-7,12-13,16-18,23,25-27H,8-9H2,1-2H3,(H,21,24)(H,28,29)/b6-5+/t12-,13?,16+,17?,18-,20-/m0/s1. The lowest BCUT2D eigenvalue weighted by Crippen LogP contribution is -2.68. The van der Waals surface area contributed by atoms with Gasteiger partial charge in [-0.25, -0.2) is 4.79 Å². The van der Waals surface area contributed by atoms with Gasteiger partial charge >= 0.3 is 11.8 Å². The number of nitrogens with zero attached hydrogens (tertiary/aromatic N) is 1. The van der Waals surface area contributed by atoms with Crippen LogP contribution < -0.4 is 14.8 Å². The first-order valence-corrected chi connectivity index (χ1v) is 9.96. The SMILES string of the molecule is COc1cc(/C=C/[N+](=O)[O-])ccc1O[C@@]1(C(=O)O)C[C@H](O)[C@@H](NC(C)=O)[C@@H](C(O)C(O)CO)O1. The highest BCUT2D eigenvalue weighted by Gasteiger charge is 2.57. The molecule has 1 aromatic rings. The fraction of sp³-hybridized carbons (Fsp3) is 0.500. The zero-order valence-electron chi connectivity index (χ0n) is 18.2. The van der Waals surface area contributed by atoms with E-state index in [9.17, 15) is 45.2 Å². The first-order chi connectivity index (χ1) is 15.9. The first-order valence-electron chi connectivity index (χ1n) is 9.96. The molecule has 14 nitrogen and oxygen atoms in total. The number of ether oxygens (including phenoxy) is 3. The summed E-state index contributed by atoms with van der Waals surface area (Å²) in [6.07, 6.45) is -5.89. The number of amides is 1. The second kappa shape index (κ2) is 11.2. The number of hydrogen-bond acceptors (Lipinski definition) is 11. The fourth-order valence-electron chi connectivity index (χ4n) is 3.43. The molecule has 1 saturated heterocycles. The number of carboxylic acid groups (broad SMARTS) is 1. The molecule has 0 bridgehead atoms. The summed E-state index contributed by atoms with van der Waals surface area (Å²) in [5, 5.41) is 62.9. The Bertz CT molecular complexity index is 938. The first kappa shape index (κ1) is 26.9. The Kier molecular flexibility index (Phi) is 8.89. The van der Waals surface area contributed by atoms with Crippen LogP contribution in [0.25, 0.3) is 6.08 Å². The molecule has 1 aliphatic heterocycles. The maximum atomic E-state index is 12.2. The summed E-state index contributed by atoms with van der Waals surface area (Å²) in [6.45, 7) is 0.200. The van der Waals surface area contributed by atoms with Gasteiger partial charge in [0.2, 0.25) is 12.1 Å². The molecule has 0 radical (unpaired) electrons. The Morgan fingerprint density at radius 1 is 1.38 bits per heavy atom. The number of aliphatic hydroxyl groups is 4. The van der Waals surface area contributed by atoms with Crippen molar-refractivity contribution in [1.82, 2.24) is 5.32 Å². The van der Waals surface area contributed by atoms with E-state index in [0.717, 1.165) is 6.92 Å². The zero-order chi connectivity index (χ0) is 25.6. The summed E-state index contributed by atoms with van der Waals surface area (Å²) in [5.74, 6) is -5.15. The highest BCUT2D eigenvalue weighted by molar-refractivity contribution is 5.77. The second-order valence-corrected chi connectivity index (χ2v) is 7.49. The minimum Gasteiger partial charge on any atom is -0.493 e. The Morgan fingerprint density at radius 3 is 2.59 bits per heavy atom. The summed E-state index contributed by atoms with van der Waals surface area (Å²) in [4.78, 5) is 33.7. The van der Waals surface area contributed by atoms with Gasteiger partial charge in [-0.15, -0.1) is 0 Å². The van der Waals surface area contributed by atoms with Gasteiger partial charge in [-0.05, 0) is 17.7 Å². The van der Waals surface area contributed by atoms with E-state index in [1.807, 2.05) is 0 Å². The van der Waals surface area contributed by atoms with Gasteiger partial charge in [-0.2, -0.15) is 0 Å². The van der Waals surface area contributed by atoms with Gasteiger partial charge in [0.05, 0.1) is 37.2 Å². The van der Waals surface area contributed by atoms with Crippen LogP contribution in [0.3, 0.4) is 0 Å². The molecule has 188 valence electrons. The summed E-state index contributed by atoms with van der Waals surface area (Å²) in [7, 11) is 1.24. The highest BCUT2D eigenvalue weighted by Crippen LogP contribution is 2.38. The molecule has 1 heterocycles. The van der Waals surface area contributed by atoms with Gasteiger partial charge in [-0.1, -0.05) is 6.07 Å². The van der Waals surface area contributed by atoms with Crippen LogP contribution in [0.4, 0.5) is 0 Å². The summed E-state index contributed by atoms with van der Waals surface area (Å²) in [5.41, 5.74) is 0.333. The van der Waals surface area contributed by atoms with Crippen molar-refractivity contribution in [1.29, 1.82) is 0 Å². The molecule has 1 amide bonds. The number of rotatable bonds is 10. The maximum absolute atomic E-state index is 12.2. The lowest BCUT2D eigenvalue weighted by molar-refractivity contribution is -0.400. The van der Waals surface area contributed by atoms with E-state index in [2.05, 4.69) is 5.32 Å². The molecular weight excluding hydrogens is 460 g/mol. The van der Waals surface area contributed by atoms with Crippen molar-refractivity contribution >= 4 is 18.0 Å². The molecule has 2 rings (SSSR count). The van der Waals surface area contributed by atoms with Crippen LogP contribution >= 0.6 is 0 Å². The van der Waals surface area contributed by atoms with Gasteiger partial charge in [0.1, 0.15) is 18.3 Å². The molecule has 1 aliphatic rings. The Labute approximate surface area is 193 Å². The summed E-state index contributed by atoms with van der Waals surface area (Å²) >= 11 is 0. The molecule has 6 N–H and O–H groups in total. The molecule has 0 aromatic heterocycles. The van der Waals surface area contributed by atoms with Gasteiger partial charge in [0.25, 0.3) is 0 Å². The van der Waals surface area contributed by atoms with E-state index in [1.165, 1.54) is 31.4 Å². The van der Waals surface area contributed by atoms with E-state index in [4.69, 9.17) is 14.2 Å². The van der Waals surface area contributed by atoms with Crippen LogP contribution in [0.5, 0.6) is 11.5 Å². The molecule has 0 aliphatic carbocycles. The Morgan fingerprint density at radius 2 is 2.06 bits per heavy atom. The monoisotopic (exact) mass is 486 g/mol. The Hall–Kier alpha value is -3.30. The Balaban J connectivity index is 2.47. The van der Waals surface area contributed by atoms with Crippen LogP contribution in [0.15, 0.2) is 24.4 Å². The number of carboxylic acids is 1. The van der Waals surface area contributed by atoms with Crippen LogP contribution in [0, 0.1) is 10.1 Å². The van der Waals surface area contributed by atoms with Crippen LogP contribution in [-0.2, 0) is 14.3 Å². The van der Waals surface area contributed by atoms with E-state index in [-0.39, 0.29) is 11.5 Å². The van der Waals surface area contributed by atoms with Gasteiger partial charge in [0, 0.05) is 13.0 Å². The maximum Gasteiger partial charge on any atom is 0.377 e. The number of hydrogen-bond donors (Lipinski definition) is 6. The predicted octanol–water partition coefficient (Wildman–Crippen LogP) is -1.53. The van der Waals surface area contributed by atoms with E-state index >= 15 is 0 Å². The normalized spacial score (nSPS) is 26.5. The number of aliphatic hydroxyl groups excluding tert-OH is 4. The topological polar surface area (TPSA) is 218 Å². The minimum absolute atomic E-state index is 0.0271. The smallest absolute Gasteiger partial charge is 0.377 e. The average Bonchev–Trinajstić information content (AvgIpc) is 2.78. The molecule has 1 fully saturated rings. The third-order valence-corrected chi connectivity index (χ3v) is 5.04. The number of nitrogens with one attached hydrogen (secondary N) is 1. The zero-order valence-corrected chi connectivity index (χ0v) is 18.2. The largest absolute Gasteiger partial charge is 0.493 e. The average molecular weight is 486 g/mol. The van der Waals surface area contributed by atoms with Gasteiger partial charge in [-0.3, -0.25) is 14.9 Å². The number of benzene rings is 1. The van der Waals surface area contributed by atoms with E-state index in [1.54, 1.807) is 0 Å². The number of aliphatic carboxylic acids is 1. The quantitative estimate of drug-likeness (QED) is 0.164. The van der Waals surface area contributed by atoms with Crippen LogP contribution in [-0.4, -0.2) is 92.3 Å². The minimum atomic E-state index is -2.61. The predicted molar refractivity (Wildman–Crippen MR) is 112 cm³/mol. The third kappa shape index (κ3) is 6.18. The fourth-order valence-corrected chi connectivity index (χ4v) is 3.43. The van der Waals surface area contributed by atoms with E-state index in [0.29, 0.717) is 11.8 Å². The van der Waals surface area contributed by atoms with Gasteiger partial charge < -0.3 is 45.1 Å². The van der Waals surface area contributed by atoms with Crippen LogP contribution in [0.1, 0.15) is 18.9 Å². The third-order valence-electron chi connectivity index (χ3n) is 5.04. The molecular formula is C20H26N2O12. The van der Waals surface area contributed by atoms with E-state index < -0.39 is 66.1 Å². The van der Waals surface area contributed by atoms with Crippen molar-refractivity contribution in [2.45, 2.75) is 49.6 Å². The molecule has 1 aromatic carbocycles. The van der Waals surface area contributed by atoms with Crippen LogP contribution in [0.2, 0.25) is 0 Å².